The number of nitrogens with two attached hydrogens (primary N) is 1. The highest BCUT2D eigenvalue weighted by molar-refractivity contribution is 6.24. The second kappa shape index (κ2) is 4.80. The molecule has 3 heterocycles. The lowest BCUT2D eigenvalue weighted by molar-refractivity contribution is -0.117. The van der Waals surface area contributed by atoms with Crippen LogP contribution >= 0.6 is 11.6 Å². The third kappa shape index (κ3) is 2.12. The molecule has 1 fully saturated rings. The van der Waals surface area contributed by atoms with Gasteiger partial charge in [-0.05, 0) is 0 Å². The van der Waals surface area contributed by atoms with Crippen LogP contribution in [-0.4, -0.2) is 42.9 Å². The van der Waals surface area contributed by atoms with Crippen molar-refractivity contribution in [3.8, 4) is 0 Å². The number of amides is 1. The molecule has 3 N–H and O–H groups in total. The predicted molar refractivity (Wildman–Crippen MR) is 72.1 cm³/mol. The third-order valence-electron chi connectivity index (χ3n) is 2.95. The molecule has 1 unspecified atom stereocenters. The zero-order chi connectivity index (χ0) is 14.3. The van der Waals surface area contributed by atoms with E-state index in [4.69, 9.17) is 22.4 Å². The fraction of sp³-hybridized carbons (Fsp3) is 0.364. The predicted octanol–water partition coefficient (Wildman–Crippen LogP) is -0.162. The summed E-state index contributed by atoms with van der Waals surface area (Å²) in [4.78, 5) is 29.7. The molecule has 0 aliphatic carbocycles. The summed E-state index contributed by atoms with van der Waals surface area (Å²) in [5.74, 6) is 0.133. The Hall–Kier alpha value is -2.06. The van der Waals surface area contributed by atoms with Gasteiger partial charge >= 0.3 is 0 Å². The molecule has 0 saturated carbocycles. The number of halogens is 1. The van der Waals surface area contributed by atoms with Gasteiger partial charge in [0.25, 0.3) is 0 Å². The van der Waals surface area contributed by atoms with Gasteiger partial charge in [-0.3, -0.25) is 9.69 Å². The number of hydrogen-bond donors (Lipinski definition) is 2. The summed E-state index contributed by atoms with van der Waals surface area (Å²) in [6.07, 6.45) is 1.63. The average Bonchev–Trinajstić information content (AvgIpc) is 2.76. The molecule has 2 aromatic rings. The second-order valence-corrected chi connectivity index (χ2v) is 5.02. The van der Waals surface area contributed by atoms with E-state index in [0.29, 0.717) is 17.8 Å². The zero-order valence-corrected chi connectivity index (χ0v) is 11.1. The van der Waals surface area contributed by atoms with Crippen molar-refractivity contribution in [1.82, 2.24) is 19.9 Å². The molecule has 104 valence electrons. The highest BCUT2D eigenvalue weighted by Crippen LogP contribution is 2.27. The first-order chi connectivity index (χ1) is 9.58. The van der Waals surface area contributed by atoms with E-state index in [1.54, 1.807) is 0 Å². The van der Waals surface area contributed by atoms with E-state index < -0.39 is 0 Å². The number of fused-ring (bicyclic) bond motifs is 1. The first kappa shape index (κ1) is 12.9. The summed E-state index contributed by atoms with van der Waals surface area (Å²) in [5.41, 5.74) is 6.59. The summed E-state index contributed by atoms with van der Waals surface area (Å²) in [5, 5.41) is 8.86. The summed E-state index contributed by atoms with van der Waals surface area (Å²) in [6, 6.07) is 0. The second-order valence-electron chi connectivity index (χ2n) is 4.40. The summed E-state index contributed by atoms with van der Waals surface area (Å²) in [6.45, 7) is 0.0653. The summed E-state index contributed by atoms with van der Waals surface area (Å²) >= 11 is 5.99. The van der Waals surface area contributed by atoms with Crippen LogP contribution in [0.15, 0.2) is 6.20 Å². The maximum Gasteiger partial charge on any atom is 0.229 e. The monoisotopic (exact) mass is 294 g/mol. The number of aliphatic hydroxyl groups is 1. The normalized spacial score (nSPS) is 19.0. The van der Waals surface area contributed by atoms with Gasteiger partial charge in [0, 0.05) is 13.0 Å². The Bertz CT molecular complexity index is 694. The van der Waals surface area contributed by atoms with Gasteiger partial charge < -0.3 is 10.8 Å². The topological polar surface area (TPSA) is 118 Å². The van der Waals surface area contributed by atoms with E-state index >= 15 is 0 Å². The van der Waals surface area contributed by atoms with E-state index in [0.717, 1.165) is 0 Å². The minimum absolute atomic E-state index is 0.00405. The fourth-order valence-electron chi connectivity index (χ4n) is 2.08. The van der Waals surface area contributed by atoms with Crippen LogP contribution in [-0.2, 0) is 11.4 Å². The van der Waals surface area contributed by atoms with Gasteiger partial charge in [-0.2, -0.15) is 9.97 Å². The van der Waals surface area contributed by atoms with Crippen LogP contribution in [0, 0.1) is 0 Å². The van der Waals surface area contributed by atoms with Gasteiger partial charge in [0.2, 0.25) is 11.9 Å². The van der Waals surface area contributed by atoms with Crippen LogP contribution in [0.25, 0.3) is 11.2 Å². The summed E-state index contributed by atoms with van der Waals surface area (Å²) < 4.78 is 0. The van der Waals surface area contributed by atoms with Crippen LogP contribution in [0.4, 0.5) is 11.8 Å². The number of rotatable bonds is 2. The van der Waals surface area contributed by atoms with Crippen molar-refractivity contribution >= 4 is 40.4 Å². The molecule has 0 aromatic carbocycles. The van der Waals surface area contributed by atoms with Crippen molar-refractivity contribution in [2.24, 2.45) is 0 Å². The zero-order valence-electron chi connectivity index (χ0n) is 10.3. The van der Waals surface area contributed by atoms with Crippen molar-refractivity contribution in [2.75, 3.05) is 17.2 Å². The highest BCUT2D eigenvalue weighted by atomic mass is 35.5. The van der Waals surface area contributed by atoms with Gasteiger partial charge in [0.05, 0.1) is 23.9 Å². The maximum atomic E-state index is 11.9. The molecule has 1 aliphatic rings. The maximum absolute atomic E-state index is 11.9. The van der Waals surface area contributed by atoms with Crippen molar-refractivity contribution in [1.29, 1.82) is 0 Å². The first-order valence-electron chi connectivity index (χ1n) is 5.93. The van der Waals surface area contributed by atoms with Crippen molar-refractivity contribution in [3.05, 3.63) is 11.9 Å². The van der Waals surface area contributed by atoms with Gasteiger partial charge in [-0.15, -0.1) is 11.6 Å². The SMILES string of the molecule is Nc1nc(N2CC(Cl)CC2=O)c2nc(CO)cnc2n1. The van der Waals surface area contributed by atoms with E-state index in [2.05, 4.69) is 19.9 Å². The number of aliphatic hydroxyl groups excluding tert-OH is 1. The number of anilines is 2. The quantitative estimate of drug-likeness (QED) is 0.739. The summed E-state index contributed by atoms with van der Waals surface area (Å²) in [7, 11) is 0. The molecule has 20 heavy (non-hydrogen) atoms. The largest absolute Gasteiger partial charge is 0.390 e. The number of nitrogens with zero attached hydrogens (tertiary/aromatic N) is 5. The molecular weight excluding hydrogens is 284 g/mol. The Kier molecular flexibility index (Phi) is 3.11. The molecular formula is C11H11ClN6O2. The van der Waals surface area contributed by atoms with E-state index in [-0.39, 0.29) is 41.7 Å². The minimum Gasteiger partial charge on any atom is -0.390 e. The van der Waals surface area contributed by atoms with Crippen LogP contribution in [0.5, 0.6) is 0 Å². The lowest BCUT2D eigenvalue weighted by Crippen LogP contribution is -2.26. The Morgan fingerprint density at radius 2 is 2.25 bits per heavy atom. The molecule has 1 atom stereocenters. The number of aromatic nitrogens is 4. The standard InChI is InChI=1S/C11H11ClN6O2/c12-5-1-7(20)18(3-5)10-8-9(16-11(13)17-10)14-2-6(4-19)15-8/h2,5,19H,1,3-4H2,(H2,13,14,16,17). The van der Waals surface area contributed by atoms with Gasteiger partial charge in [-0.1, -0.05) is 0 Å². The number of nitrogen functional groups attached to an aromatic ring is 1. The van der Waals surface area contributed by atoms with E-state index in [1.807, 2.05) is 0 Å². The lowest BCUT2D eigenvalue weighted by Gasteiger charge is -2.16. The first-order valence-corrected chi connectivity index (χ1v) is 6.36. The van der Waals surface area contributed by atoms with Crippen LogP contribution in [0.1, 0.15) is 12.1 Å². The number of hydrogen-bond acceptors (Lipinski definition) is 7. The van der Waals surface area contributed by atoms with Crippen molar-refractivity contribution in [2.45, 2.75) is 18.4 Å². The van der Waals surface area contributed by atoms with Crippen molar-refractivity contribution < 1.29 is 9.90 Å². The van der Waals surface area contributed by atoms with Crippen LogP contribution in [0.3, 0.4) is 0 Å². The Morgan fingerprint density at radius 3 is 2.90 bits per heavy atom. The Balaban J connectivity index is 2.20. The molecule has 2 aromatic heterocycles. The van der Waals surface area contributed by atoms with E-state index in [1.165, 1.54) is 11.1 Å². The van der Waals surface area contributed by atoms with Crippen LogP contribution < -0.4 is 10.6 Å². The number of carbonyl (C=O) groups is 1. The van der Waals surface area contributed by atoms with Gasteiger partial charge in [-0.25, -0.2) is 9.97 Å². The average molecular weight is 295 g/mol. The molecule has 8 nitrogen and oxygen atoms in total. The molecule has 1 saturated heterocycles. The lowest BCUT2D eigenvalue weighted by atomic mass is 10.4. The third-order valence-corrected chi connectivity index (χ3v) is 3.24. The molecule has 0 spiro atoms. The van der Waals surface area contributed by atoms with Gasteiger partial charge in [0.15, 0.2) is 17.0 Å². The number of carbonyl (C=O) groups excluding carboxylic acids is 1. The smallest absolute Gasteiger partial charge is 0.229 e. The molecule has 0 bridgehead atoms. The number of alkyl halides is 1. The Labute approximate surface area is 118 Å². The molecule has 9 heteroatoms. The minimum atomic E-state index is -0.275. The van der Waals surface area contributed by atoms with Gasteiger partial charge in [0.1, 0.15) is 0 Å². The van der Waals surface area contributed by atoms with E-state index in [9.17, 15) is 4.79 Å². The molecule has 1 aliphatic heterocycles. The molecule has 3 rings (SSSR count). The van der Waals surface area contributed by atoms with Crippen LogP contribution in [0.2, 0.25) is 0 Å². The molecule has 1 amide bonds. The highest BCUT2D eigenvalue weighted by Gasteiger charge is 2.32. The fourth-order valence-corrected chi connectivity index (χ4v) is 2.35. The Morgan fingerprint density at radius 1 is 1.45 bits per heavy atom. The van der Waals surface area contributed by atoms with Crippen molar-refractivity contribution in [3.63, 3.8) is 0 Å². The molecule has 0 radical (unpaired) electrons.